The molecule has 3 N–H and O–H groups in total. The van der Waals surface area contributed by atoms with Crippen molar-refractivity contribution in [2.24, 2.45) is 5.73 Å². The molecule has 27 heavy (non-hydrogen) atoms. The van der Waals surface area contributed by atoms with Crippen molar-refractivity contribution < 1.29 is 19.1 Å². The Kier molecular flexibility index (Phi) is 8.65. The summed E-state index contributed by atoms with van der Waals surface area (Å²) in [5.74, 6) is 0. The summed E-state index contributed by atoms with van der Waals surface area (Å²) in [6.45, 7) is 1.55. The minimum absolute atomic E-state index is 0.188. The third kappa shape index (κ3) is 7.79. The molecular weight excluding hydrogens is 346 g/mol. The van der Waals surface area contributed by atoms with Crippen molar-refractivity contribution in [1.82, 2.24) is 10.2 Å². The SMILES string of the molecule is NCCN(CCNC(=O)OCc1ccccc1)C(=O)OCc1ccccc1. The van der Waals surface area contributed by atoms with E-state index in [2.05, 4.69) is 5.32 Å². The smallest absolute Gasteiger partial charge is 0.410 e. The molecule has 2 aromatic rings. The van der Waals surface area contributed by atoms with E-state index in [1.807, 2.05) is 60.7 Å². The number of ether oxygens (including phenoxy) is 2. The number of carbonyl (C=O) groups excluding carboxylic acids is 2. The maximum Gasteiger partial charge on any atom is 0.410 e. The van der Waals surface area contributed by atoms with Gasteiger partial charge in [0.15, 0.2) is 0 Å². The van der Waals surface area contributed by atoms with Crippen LogP contribution in [0.25, 0.3) is 0 Å². The summed E-state index contributed by atoms with van der Waals surface area (Å²) < 4.78 is 10.4. The zero-order valence-corrected chi connectivity index (χ0v) is 15.2. The molecule has 0 saturated carbocycles. The highest BCUT2D eigenvalue weighted by Gasteiger charge is 2.14. The summed E-state index contributed by atoms with van der Waals surface area (Å²) in [4.78, 5) is 25.4. The lowest BCUT2D eigenvalue weighted by Crippen LogP contribution is -2.41. The molecule has 0 aliphatic rings. The molecule has 0 fully saturated rings. The predicted molar refractivity (Wildman–Crippen MR) is 102 cm³/mol. The normalized spacial score (nSPS) is 10.1. The number of benzene rings is 2. The summed E-state index contributed by atoms with van der Waals surface area (Å²) in [6.07, 6.45) is -1.01. The fourth-order valence-corrected chi connectivity index (χ4v) is 2.33. The standard InChI is InChI=1S/C20H25N3O4/c21-11-13-23(20(25)27-16-18-9-5-2-6-10-18)14-12-22-19(24)26-15-17-7-3-1-4-8-17/h1-10H,11-16,21H2,(H,22,24). The third-order valence-corrected chi connectivity index (χ3v) is 3.73. The highest BCUT2D eigenvalue weighted by Crippen LogP contribution is 2.03. The van der Waals surface area contributed by atoms with Crippen LogP contribution in [-0.4, -0.2) is 43.3 Å². The average Bonchev–Trinajstić information content (AvgIpc) is 2.71. The van der Waals surface area contributed by atoms with Gasteiger partial charge in [0.2, 0.25) is 0 Å². The molecular formula is C20H25N3O4. The summed E-state index contributed by atoms with van der Waals surface area (Å²) in [7, 11) is 0. The summed E-state index contributed by atoms with van der Waals surface area (Å²) in [5.41, 5.74) is 7.37. The second-order valence-corrected chi connectivity index (χ2v) is 5.80. The Hall–Kier alpha value is -3.06. The van der Waals surface area contributed by atoms with Gasteiger partial charge in [0.1, 0.15) is 13.2 Å². The van der Waals surface area contributed by atoms with E-state index in [0.29, 0.717) is 13.1 Å². The van der Waals surface area contributed by atoms with Crippen LogP contribution in [0.3, 0.4) is 0 Å². The van der Waals surface area contributed by atoms with Crippen molar-refractivity contribution in [2.75, 3.05) is 26.2 Å². The zero-order chi connectivity index (χ0) is 19.3. The second-order valence-electron chi connectivity index (χ2n) is 5.80. The average molecular weight is 371 g/mol. The quantitative estimate of drug-likeness (QED) is 0.706. The van der Waals surface area contributed by atoms with E-state index in [0.717, 1.165) is 11.1 Å². The van der Waals surface area contributed by atoms with Gasteiger partial charge >= 0.3 is 12.2 Å². The Balaban J connectivity index is 1.69. The van der Waals surface area contributed by atoms with Crippen LogP contribution < -0.4 is 11.1 Å². The van der Waals surface area contributed by atoms with E-state index in [9.17, 15) is 9.59 Å². The Morgan fingerprint density at radius 3 is 1.96 bits per heavy atom. The van der Waals surface area contributed by atoms with Crippen LogP contribution in [0.4, 0.5) is 9.59 Å². The van der Waals surface area contributed by atoms with Gasteiger partial charge in [-0.25, -0.2) is 9.59 Å². The fourth-order valence-electron chi connectivity index (χ4n) is 2.33. The number of nitrogens with zero attached hydrogens (tertiary/aromatic N) is 1. The molecule has 0 spiro atoms. The maximum absolute atomic E-state index is 12.2. The van der Waals surface area contributed by atoms with Crippen molar-refractivity contribution in [3.05, 3.63) is 71.8 Å². The van der Waals surface area contributed by atoms with Gasteiger partial charge < -0.3 is 25.4 Å². The number of hydrogen-bond acceptors (Lipinski definition) is 5. The lowest BCUT2D eigenvalue weighted by molar-refractivity contribution is 0.0961. The van der Waals surface area contributed by atoms with E-state index in [1.54, 1.807) is 0 Å². The molecule has 0 aliphatic heterocycles. The Bertz CT molecular complexity index is 695. The molecule has 0 bridgehead atoms. The number of nitrogens with two attached hydrogens (primary N) is 1. The van der Waals surface area contributed by atoms with Gasteiger partial charge in [-0.3, -0.25) is 0 Å². The van der Waals surface area contributed by atoms with Crippen LogP contribution in [0.2, 0.25) is 0 Å². The van der Waals surface area contributed by atoms with E-state index >= 15 is 0 Å². The number of rotatable bonds is 9. The first kappa shape index (κ1) is 20.3. The van der Waals surface area contributed by atoms with Crippen LogP contribution in [0.15, 0.2) is 60.7 Å². The Labute approximate surface area is 159 Å². The first-order valence-electron chi connectivity index (χ1n) is 8.79. The van der Waals surface area contributed by atoms with Crippen molar-refractivity contribution in [2.45, 2.75) is 13.2 Å². The van der Waals surface area contributed by atoms with Crippen LogP contribution in [0.5, 0.6) is 0 Å². The van der Waals surface area contributed by atoms with E-state index in [1.165, 1.54) is 4.90 Å². The van der Waals surface area contributed by atoms with E-state index in [-0.39, 0.29) is 26.3 Å². The number of alkyl carbamates (subject to hydrolysis) is 1. The molecule has 0 unspecified atom stereocenters. The van der Waals surface area contributed by atoms with E-state index in [4.69, 9.17) is 15.2 Å². The van der Waals surface area contributed by atoms with Gasteiger partial charge in [-0.2, -0.15) is 0 Å². The van der Waals surface area contributed by atoms with Gasteiger partial charge in [0.05, 0.1) is 0 Å². The molecule has 7 nitrogen and oxygen atoms in total. The minimum Gasteiger partial charge on any atom is -0.445 e. The highest BCUT2D eigenvalue weighted by atomic mass is 16.6. The molecule has 0 aliphatic carbocycles. The van der Waals surface area contributed by atoms with Crippen LogP contribution in [0.1, 0.15) is 11.1 Å². The molecule has 2 aromatic carbocycles. The summed E-state index contributed by atoms with van der Waals surface area (Å²) in [6, 6.07) is 18.8. The number of nitrogens with one attached hydrogen (secondary N) is 1. The monoisotopic (exact) mass is 371 g/mol. The predicted octanol–water partition coefficient (Wildman–Crippen LogP) is 2.51. The fraction of sp³-hybridized carbons (Fsp3) is 0.300. The van der Waals surface area contributed by atoms with Gasteiger partial charge in [-0.1, -0.05) is 60.7 Å². The second kappa shape index (κ2) is 11.5. The van der Waals surface area contributed by atoms with Gasteiger partial charge in [-0.05, 0) is 11.1 Å². The molecule has 0 atom stereocenters. The van der Waals surface area contributed by atoms with Crippen LogP contribution in [-0.2, 0) is 22.7 Å². The zero-order valence-electron chi connectivity index (χ0n) is 15.2. The number of hydrogen-bond donors (Lipinski definition) is 2. The van der Waals surface area contributed by atoms with Crippen LogP contribution in [0, 0.1) is 0 Å². The van der Waals surface area contributed by atoms with Gasteiger partial charge in [0, 0.05) is 26.2 Å². The topological polar surface area (TPSA) is 93.9 Å². The minimum atomic E-state index is -0.538. The molecule has 144 valence electrons. The molecule has 7 heteroatoms. The molecule has 0 radical (unpaired) electrons. The first-order valence-corrected chi connectivity index (χ1v) is 8.79. The van der Waals surface area contributed by atoms with Crippen molar-refractivity contribution in [1.29, 1.82) is 0 Å². The van der Waals surface area contributed by atoms with E-state index < -0.39 is 12.2 Å². The number of amides is 2. The van der Waals surface area contributed by atoms with Crippen molar-refractivity contribution in [3.63, 3.8) is 0 Å². The van der Waals surface area contributed by atoms with Crippen molar-refractivity contribution >= 4 is 12.2 Å². The molecule has 0 heterocycles. The van der Waals surface area contributed by atoms with Crippen LogP contribution >= 0.6 is 0 Å². The third-order valence-electron chi connectivity index (χ3n) is 3.73. The molecule has 0 aromatic heterocycles. The molecule has 0 saturated heterocycles. The highest BCUT2D eigenvalue weighted by molar-refractivity contribution is 5.68. The molecule has 2 rings (SSSR count). The van der Waals surface area contributed by atoms with Gasteiger partial charge in [0.25, 0.3) is 0 Å². The largest absolute Gasteiger partial charge is 0.445 e. The first-order chi connectivity index (χ1) is 13.2. The van der Waals surface area contributed by atoms with Gasteiger partial charge in [-0.15, -0.1) is 0 Å². The maximum atomic E-state index is 12.2. The van der Waals surface area contributed by atoms with Crippen molar-refractivity contribution in [3.8, 4) is 0 Å². The lowest BCUT2D eigenvalue weighted by atomic mass is 10.2. The lowest BCUT2D eigenvalue weighted by Gasteiger charge is -2.21. The Morgan fingerprint density at radius 2 is 1.41 bits per heavy atom. The summed E-state index contributed by atoms with van der Waals surface area (Å²) >= 11 is 0. The molecule has 2 amide bonds. The Morgan fingerprint density at radius 1 is 0.852 bits per heavy atom. The summed E-state index contributed by atoms with van der Waals surface area (Å²) in [5, 5.41) is 2.62. The number of carbonyl (C=O) groups is 2.